The van der Waals surface area contributed by atoms with E-state index in [1.165, 1.54) is 6.92 Å². The summed E-state index contributed by atoms with van der Waals surface area (Å²) in [6.07, 6.45) is 1.05. The molecule has 3 nitrogen and oxygen atoms in total. The normalized spacial score (nSPS) is 10.8. The Balaban J connectivity index is 2.40. The molecule has 19 heavy (non-hydrogen) atoms. The van der Waals surface area contributed by atoms with E-state index in [2.05, 4.69) is 29.8 Å². The second-order valence-corrected chi connectivity index (χ2v) is 5.76. The molecule has 4 heteroatoms. The zero-order valence-corrected chi connectivity index (χ0v) is 13.3. The van der Waals surface area contributed by atoms with Crippen LogP contribution < -0.4 is 4.74 Å². The summed E-state index contributed by atoms with van der Waals surface area (Å²) in [5.74, 6) is 1.26. The monoisotopic (exact) mass is 328 g/mol. The summed E-state index contributed by atoms with van der Waals surface area (Å²) in [6, 6.07) is 5.41. The molecule has 1 aromatic rings. The van der Waals surface area contributed by atoms with Gasteiger partial charge in [0.15, 0.2) is 5.78 Å². The topological polar surface area (TPSA) is 35.5 Å². The predicted molar refractivity (Wildman–Crippen MR) is 79.9 cm³/mol. The Labute approximate surface area is 123 Å². The van der Waals surface area contributed by atoms with Gasteiger partial charge in [0.2, 0.25) is 0 Å². The first-order valence-corrected chi connectivity index (χ1v) is 7.31. The smallest absolute Gasteiger partial charge is 0.163 e. The van der Waals surface area contributed by atoms with Crippen LogP contribution in [0.25, 0.3) is 0 Å². The van der Waals surface area contributed by atoms with Crippen molar-refractivity contribution in [2.45, 2.75) is 27.2 Å². The van der Waals surface area contributed by atoms with E-state index < -0.39 is 0 Å². The third kappa shape index (κ3) is 6.21. The van der Waals surface area contributed by atoms with Crippen molar-refractivity contribution in [1.29, 1.82) is 0 Å². The molecule has 0 spiro atoms. The predicted octanol–water partition coefficient (Wildman–Crippen LogP) is 4.09. The molecular weight excluding hydrogens is 308 g/mol. The molecule has 0 bridgehead atoms. The van der Waals surface area contributed by atoms with E-state index in [1.54, 1.807) is 6.07 Å². The lowest BCUT2D eigenvalue weighted by molar-refractivity contribution is 0.0907. The summed E-state index contributed by atoms with van der Waals surface area (Å²) in [7, 11) is 0. The number of ether oxygens (including phenoxy) is 2. The first-order chi connectivity index (χ1) is 9.00. The van der Waals surface area contributed by atoms with Gasteiger partial charge in [0.05, 0.1) is 12.2 Å². The van der Waals surface area contributed by atoms with Crippen molar-refractivity contribution in [2.24, 2.45) is 5.92 Å². The molecule has 0 saturated heterocycles. The molecule has 0 radical (unpaired) electrons. The number of hydrogen-bond acceptors (Lipinski definition) is 3. The first kappa shape index (κ1) is 16.2. The summed E-state index contributed by atoms with van der Waals surface area (Å²) in [6.45, 7) is 7.61. The van der Waals surface area contributed by atoms with Gasteiger partial charge in [-0.15, -0.1) is 0 Å². The van der Waals surface area contributed by atoms with Gasteiger partial charge in [0, 0.05) is 11.1 Å². The van der Waals surface area contributed by atoms with Gasteiger partial charge in [0.1, 0.15) is 12.4 Å². The van der Waals surface area contributed by atoms with Gasteiger partial charge >= 0.3 is 0 Å². The fraction of sp³-hybridized carbons (Fsp3) is 0.533. The van der Waals surface area contributed by atoms with E-state index in [4.69, 9.17) is 9.47 Å². The fourth-order valence-electron chi connectivity index (χ4n) is 1.54. The molecule has 1 rings (SSSR count). The SMILES string of the molecule is CC(=O)c1ccc(Br)cc1OCCOCCC(C)C. The maximum absolute atomic E-state index is 11.5. The van der Waals surface area contributed by atoms with Crippen LogP contribution in [-0.2, 0) is 4.74 Å². The number of halogens is 1. The van der Waals surface area contributed by atoms with Crippen molar-refractivity contribution in [3.63, 3.8) is 0 Å². The summed E-state index contributed by atoms with van der Waals surface area (Å²) in [5.41, 5.74) is 0.602. The first-order valence-electron chi connectivity index (χ1n) is 6.51. The Morgan fingerprint density at radius 1 is 1.26 bits per heavy atom. The summed E-state index contributed by atoms with van der Waals surface area (Å²) >= 11 is 3.37. The van der Waals surface area contributed by atoms with Gasteiger partial charge in [-0.1, -0.05) is 29.8 Å². The molecule has 0 saturated carbocycles. The molecule has 0 N–H and O–H groups in total. The van der Waals surface area contributed by atoms with Crippen LogP contribution in [0.2, 0.25) is 0 Å². The molecule has 0 aromatic heterocycles. The number of Topliss-reactive ketones (excluding diaryl/α,β-unsaturated/α-hetero) is 1. The Kier molecular flexibility index (Phi) is 7.10. The van der Waals surface area contributed by atoms with Crippen molar-refractivity contribution in [3.05, 3.63) is 28.2 Å². The standard InChI is InChI=1S/C15H21BrO3/c1-11(2)6-7-18-8-9-19-15-10-13(16)4-5-14(15)12(3)17/h4-5,10-11H,6-9H2,1-3H3. The van der Waals surface area contributed by atoms with Crippen molar-refractivity contribution < 1.29 is 14.3 Å². The molecule has 0 aliphatic heterocycles. The van der Waals surface area contributed by atoms with Crippen molar-refractivity contribution in [1.82, 2.24) is 0 Å². The van der Waals surface area contributed by atoms with Crippen LogP contribution in [0.3, 0.4) is 0 Å². The molecule has 0 atom stereocenters. The van der Waals surface area contributed by atoms with Crippen molar-refractivity contribution in [3.8, 4) is 5.75 Å². The summed E-state index contributed by atoms with van der Waals surface area (Å²) in [5, 5.41) is 0. The summed E-state index contributed by atoms with van der Waals surface area (Å²) < 4.78 is 12.0. The van der Waals surface area contributed by atoms with Gasteiger partial charge in [-0.05, 0) is 37.5 Å². The average Bonchev–Trinajstić information content (AvgIpc) is 2.33. The Morgan fingerprint density at radius 2 is 2.00 bits per heavy atom. The average molecular weight is 329 g/mol. The third-order valence-corrected chi connectivity index (χ3v) is 3.14. The maximum Gasteiger partial charge on any atom is 0.163 e. The van der Waals surface area contributed by atoms with Crippen LogP contribution in [0.1, 0.15) is 37.6 Å². The van der Waals surface area contributed by atoms with Crippen molar-refractivity contribution in [2.75, 3.05) is 19.8 Å². The maximum atomic E-state index is 11.5. The van der Waals surface area contributed by atoms with Gasteiger partial charge in [0.25, 0.3) is 0 Å². The molecule has 0 aliphatic rings. The second-order valence-electron chi connectivity index (χ2n) is 4.84. The van der Waals surface area contributed by atoms with Crippen LogP contribution in [-0.4, -0.2) is 25.6 Å². The number of carbonyl (C=O) groups is 1. The Morgan fingerprint density at radius 3 is 2.63 bits per heavy atom. The third-order valence-electron chi connectivity index (χ3n) is 2.65. The van der Waals surface area contributed by atoms with Gasteiger partial charge in [-0.2, -0.15) is 0 Å². The van der Waals surface area contributed by atoms with Crippen molar-refractivity contribution >= 4 is 21.7 Å². The Hall–Kier alpha value is -0.870. The number of rotatable bonds is 8. The molecule has 1 aromatic carbocycles. The highest BCUT2D eigenvalue weighted by Crippen LogP contribution is 2.24. The van der Waals surface area contributed by atoms with Crippen LogP contribution in [0.15, 0.2) is 22.7 Å². The number of benzene rings is 1. The highest BCUT2D eigenvalue weighted by molar-refractivity contribution is 9.10. The quantitative estimate of drug-likeness (QED) is 0.532. The number of ketones is 1. The number of hydrogen-bond donors (Lipinski definition) is 0. The van der Waals surface area contributed by atoms with Gasteiger partial charge < -0.3 is 9.47 Å². The number of carbonyl (C=O) groups excluding carboxylic acids is 1. The van der Waals surface area contributed by atoms with E-state index in [1.807, 2.05) is 12.1 Å². The van der Waals surface area contributed by atoms with Gasteiger partial charge in [-0.3, -0.25) is 4.79 Å². The molecule has 0 unspecified atom stereocenters. The fourth-order valence-corrected chi connectivity index (χ4v) is 1.88. The Bertz CT molecular complexity index is 416. The lowest BCUT2D eigenvalue weighted by Crippen LogP contribution is -2.10. The minimum atomic E-state index is 0.00299. The van der Waals surface area contributed by atoms with Gasteiger partial charge in [-0.25, -0.2) is 0 Å². The highest BCUT2D eigenvalue weighted by atomic mass is 79.9. The van der Waals surface area contributed by atoms with Crippen LogP contribution >= 0.6 is 15.9 Å². The second kappa shape index (κ2) is 8.33. The molecule has 0 fully saturated rings. The van der Waals surface area contributed by atoms with E-state index in [-0.39, 0.29) is 5.78 Å². The highest BCUT2D eigenvalue weighted by Gasteiger charge is 2.08. The van der Waals surface area contributed by atoms with E-state index in [9.17, 15) is 4.79 Å². The van der Waals surface area contributed by atoms with E-state index in [0.717, 1.165) is 17.5 Å². The van der Waals surface area contributed by atoms with E-state index >= 15 is 0 Å². The zero-order valence-electron chi connectivity index (χ0n) is 11.7. The zero-order chi connectivity index (χ0) is 14.3. The summed E-state index contributed by atoms with van der Waals surface area (Å²) in [4.78, 5) is 11.5. The molecule has 106 valence electrons. The van der Waals surface area contributed by atoms with Crippen LogP contribution in [0.4, 0.5) is 0 Å². The molecular formula is C15H21BrO3. The molecule has 0 aliphatic carbocycles. The molecule has 0 heterocycles. The van der Waals surface area contributed by atoms with E-state index in [0.29, 0.717) is 30.4 Å². The molecule has 0 amide bonds. The van der Waals surface area contributed by atoms with Crippen LogP contribution in [0.5, 0.6) is 5.75 Å². The lowest BCUT2D eigenvalue weighted by atomic mass is 10.1. The minimum Gasteiger partial charge on any atom is -0.490 e. The largest absolute Gasteiger partial charge is 0.490 e. The lowest BCUT2D eigenvalue weighted by Gasteiger charge is -2.11. The minimum absolute atomic E-state index is 0.00299. The van der Waals surface area contributed by atoms with Crippen LogP contribution in [0, 0.1) is 5.92 Å².